The molecule has 1 saturated heterocycles. The molecule has 0 radical (unpaired) electrons. The molecular formula is C22H34O6. The molecular weight excluding hydrogens is 360 g/mol. The molecule has 4 N–H and O–H groups in total. The topological polar surface area (TPSA) is 107 Å². The molecule has 4 aliphatic rings. The molecule has 6 nitrogen and oxygen atoms in total. The van der Waals surface area contributed by atoms with Gasteiger partial charge in [-0.1, -0.05) is 34.6 Å². The molecule has 0 spiro atoms. The van der Waals surface area contributed by atoms with Crippen molar-refractivity contribution < 1.29 is 30.0 Å². The van der Waals surface area contributed by atoms with Crippen LogP contribution in [0.5, 0.6) is 0 Å². The first kappa shape index (κ1) is 20.5. The van der Waals surface area contributed by atoms with E-state index in [1.807, 2.05) is 34.6 Å². The van der Waals surface area contributed by atoms with E-state index in [-0.39, 0.29) is 30.8 Å². The van der Waals surface area contributed by atoms with Crippen molar-refractivity contribution in [1.29, 1.82) is 0 Å². The van der Waals surface area contributed by atoms with E-state index in [2.05, 4.69) is 0 Å². The van der Waals surface area contributed by atoms with E-state index in [0.717, 1.165) is 0 Å². The van der Waals surface area contributed by atoms with Gasteiger partial charge < -0.3 is 25.2 Å². The summed E-state index contributed by atoms with van der Waals surface area (Å²) in [5, 5.41) is 45.5. The van der Waals surface area contributed by atoms with Crippen LogP contribution in [0.15, 0.2) is 11.1 Å². The summed E-state index contributed by atoms with van der Waals surface area (Å²) >= 11 is 0. The fourth-order valence-corrected chi connectivity index (χ4v) is 7.30. The first-order valence-corrected chi connectivity index (χ1v) is 10.4. The van der Waals surface area contributed by atoms with Crippen molar-refractivity contribution in [3.8, 4) is 0 Å². The van der Waals surface area contributed by atoms with Crippen LogP contribution < -0.4 is 0 Å². The van der Waals surface area contributed by atoms with Crippen LogP contribution in [0.3, 0.4) is 0 Å². The van der Waals surface area contributed by atoms with E-state index in [1.54, 1.807) is 6.92 Å². The standard InChI is InChI=1S/C22H34O6/c1-10-7-14-21(26,9-28-14)17-12(3)22(27)8-13(23)11(2)15(19(22,4)5)16(24)18(25)20(10,17)6/h10,12-14,16-17,23-24,26-27H,7-9H2,1-6H3/t10?,12?,13?,14?,16?,17?,20-,21?,22?/m1/s1. The molecule has 2 saturated carbocycles. The number of ether oxygens (including phenoxy) is 1. The lowest BCUT2D eigenvalue weighted by atomic mass is 9.41. The number of hydrogen-bond donors (Lipinski definition) is 4. The van der Waals surface area contributed by atoms with Crippen molar-refractivity contribution in [2.75, 3.05) is 6.61 Å². The van der Waals surface area contributed by atoms with Gasteiger partial charge >= 0.3 is 0 Å². The third kappa shape index (κ3) is 2.04. The lowest BCUT2D eigenvalue weighted by molar-refractivity contribution is -0.329. The number of carbonyl (C=O) groups excluding carboxylic acids is 1. The van der Waals surface area contributed by atoms with Crippen molar-refractivity contribution in [3.63, 3.8) is 0 Å². The largest absolute Gasteiger partial charge is 0.389 e. The van der Waals surface area contributed by atoms with Crippen LogP contribution in [0.2, 0.25) is 0 Å². The van der Waals surface area contributed by atoms with Crippen LogP contribution in [0.4, 0.5) is 0 Å². The number of aliphatic hydroxyl groups excluding tert-OH is 2. The number of fused-ring (bicyclic) bond motifs is 5. The number of hydrogen-bond acceptors (Lipinski definition) is 6. The Bertz CT molecular complexity index is 758. The van der Waals surface area contributed by atoms with Crippen LogP contribution in [-0.4, -0.2) is 62.3 Å². The first-order valence-electron chi connectivity index (χ1n) is 10.4. The molecule has 6 heteroatoms. The fraction of sp³-hybridized carbons (Fsp3) is 0.864. The van der Waals surface area contributed by atoms with Gasteiger partial charge in [0, 0.05) is 23.2 Å². The molecule has 28 heavy (non-hydrogen) atoms. The summed E-state index contributed by atoms with van der Waals surface area (Å²) in [6, 6.07) is 0. The van der Waals surface area contributed by atoms with Gasteiger partial charge in [0.1, 0.15) is 11.7 Å². The molecule has 0 aromatic carbocycles. The molecule has 158 valence electrons. The number of ketones is 1. The molecule has 1 heterocycles. The van der Waals surface area contributed by atoms with Crippen molar-refractivity contribution in [1.82, 2.24) is 0 Å². The second-order valence-electron chi connectivity index (χ2n) is 10.6. The summed E-state index contributed by atoms with van der Waals surface area (Å²) < 4.78 is 5.65. The highest BCUT2D eigenvalue weighted by Gasteiger charge is 2.73. The Morgan fingerprint density at radius 3 is 2.25 bits per heavy atom. The maximum Gasteiger partial charge on any atom is 0.172 e. The van der Waals surface area contributed by atoms with E-state index in [9.17, 15) is 25.2 Å². The van der Waals surface area contributed by atoms with E-state index in [1.165, 1.54) is 0 Å². The van der Waals surface area contributed by atoms with Crippen LogP contribution >= 0.6 is 0 Å². The predicted molar refractivity (Wildman–Crippen MR) is 102 cm³/mol. The molecule has 4 rings (SSSR count). The average molecular weight is 395 g/mol. The minimum Gasteiger partial charge on any atom is -0.389 e. The summed E-state index contributed by atoms with van der Waals surface area (Å²) in [4.78, 5) is 13.8. The molecule has 0 aromatic heterocycles. The average Bonchev–Trinajstić information content (AvgIpc) is 2.60. The third-order valence-corrected chi connectivity index (χ3v) is 9.34. The van der Waals surface area contributed by atoms with Crippen LogP contribution in [0, 0.1) is 28.6 Å². The second-order valence-corrected chi connectivity index (χ2v) is 10.6. The van der Waals surface area contributed by atoms with E-state index in [0.29, 0.717) is 17.6 Å². The van der Waals surface area contributed by atoms with E-state index < -0.39 is 46.1 Å². The predicted octanol–water partition coefficient (Wildman–Crippen LogP) is 1.20. The van der Waals surface area contributed by atoms with E-state index >= 15 is 0 Å². The Morgan fingerprint density at radius 2 is 1.71 bits per heavy atom. The smallest absolute Gasteiger partial charge is 0.172 e. The Balaban J connectivity index is 2.01. The zero-order chi connectivity index (χ0) is 21.0. The zero-order valence-electron chi connectivity index (χ0n) is 17.7. The Hall–Kier alpha value is -0.790. The van der Waals surface area contributed by atoms with Gasteiger partial charge in [-0.25, -0.2) is 0 Å². The van der Waals surface area contributed by atoms with Gasteiger partial charge in [-0.05, 0) is 36.3 Å². The number of carbonyl (C=O) groups is 1. The van der Waals surface area contributed by atoms with Gasteiger partial charge in [0.2, 0.25) is 0 Å². The van der Waals surface area contributed by atoms with E-state index in [4.69, 9.17) is 4.74 Å². The molecule has 8 unspecified atom stereocenters. The van der Waals surface area contributed by atoms with Gasteiger partial charge in [-0.3, -0.25) is 4.79 Å². The van der Waals surface area contributed by atoms with Gasteiger partial charge in [-0.15, -0.1) is 0 Å². The molecule has 2 bridgehead atoms. The molecule has 1 aliphatic heterocycles. The summed E-state index contributed by atoms with van der Waals surface area (Å²) in [5.41, 5.74) is -3.55. The Kier molecular flexibility index (Phi) is 4.15. The van der Waals surface area contributed by atoms with Crippen LogP contribution in [-0.2, 0) is 9.53 Å². The lowest BCUT2D eigenvalue weighted by Gasteiger charge is -2.67. The van der Waals surface area contributed by atoms with Crippen LogP contribution in [0.25, 0.3) is 0 Å². The van der Waals surface area contributed by atoms with Crippen molar-refractivity contribution in [3.05, 3.63) is 11.1 Å². The van der Waals surface area contributed by atoms with Gasteiger partial charge in [-0.2, -0.15) is 0 Å². The van der Waals surface area contributed by atoms with Crippen LogP contribution in [0.1, 0.15) is 54.4 Å². The fourth-order valence-electron chi connectivity index (χ4n) is 7.30. The maximum absolute atomic E-state index is 13.8. The SMILES string of the molecule is CC1=C2C(O)C(=O)[C@]3(C)C(C)CC4OCC4(O)C3C(C)C(O)(CC1O)C2(C)C. The summed E-state index contributed by atoms with van der Waals surface area (Å²) in [6.45, 7) is 11.2. The third-order valence-electron chi connectivity index (χ3n) is 9.34. The monoisotopic (exact) mass is 394 g/mol. The quantitative estimate of drug-likeness (QED) is 0.460. The Labute approximate surface area is 166 Å². The summed E-state index contributed by atoms with van der Waals surface area (Å²) in [6.07, 6.45) is -2.08. The maximum atomic E-state index is 13.8. The minimum absolute atomic E-state index is 0.111. The van der Waals surface area contributed by atoms with Crippen molar-refractivity contribution in [2.45, 2.75) is 83.9 Å². The zero-order valence-corrected chi connectivity index (χ0v) is 17.7. The first-order chi connectivity index (χ1) is 12.7. The highest BCUT2D eigenvalue weighted by atomic mass is 16.6. The summed E-state index contributed by atoms with van der Waals surface area (Å²) in [5.74, 6) is -1.51. The van der Waals surface area contributed by atoms with Crippen molar-refractivity contribution >= 4 is 5.78 Å². The molecule has 9 atom stereocenters. The van der Waals surface area contributed by atoms with Crippen molar-refractivity contribution in [2.24, 2.45) is 28.6 Å². The molecule has 3 aliphatic carbocycles. The highest BCUT2D eigenvalue weighted by Crippen LogP contribution is 2.65. The number of rotatable bonds is 0. The lowest BCUT2D eigenvalue weighted by Crippen LogP contribution is -2.77. The molecule has 0 amide bonds. The van der Waals surface area contributed by atoms with Gasteiger partial charge in [0.25, 0.3) is 0 Å². The minimum atomic E-state index is -1.42. The second kappa shape index (κ2) is 5.67. The highest BCUT2D eigenvalue weighted by molar-refractivity contribution is 5.93. The molecule has 0 aromatic rings. The molecule has 3 fully saturated rings. The normalized spacial score (nSPS) is 55.6. The van der Waals surface area contributed by atoms with Gasteiger partial charge in [0.05, 0.1) is 24.4 Å². The summed E-state index contributed by atoms with van der Waals surface area (Å²) in [7, 11) is 0. The number of Topliss-reactive ketones (excluding diaryl/α,β-unsaturated/α-hetero) is 1. The van der Waals surface area contributed by atoms with Gasteiger partial charge in [0.15, 0.2) is 5.78 Å². The Morgan fingerprint density at radius 1 is 1.11 bits per heavy atom. The number of aliphatic hydroxyl groups is 4.